The fourth-order valence-electron chi connectivity index (χ4n) is 5.01. The van der Waals surface area contributed by atoms with Crippen LogP contribution < -0.4 is 0 Å². The van der Waals surface area contributed by atoms with Gasteiger partial charge in [-0.05, 0) is 79.5 Å². The fourth-order valence-corrected chi connectivity index (χ4v) is 6.14. The van der Waals surface area contributed by atoms with E-state index in [1.54, 1.807) is 23.5 Å². The van der Waals surface area contributed by atoms with Crippen LogP contribution >= 0.6 is 11.3 Å². The molecule has 2 nitrogen and oxygen atoms in total. The summed E-state index contributed by atoms with van der Waals surface area (Å²) in [6.45, 7) is 0. The van der Waals surface area contributed by atoms with Gasteiger partial charge in [0.1, 0.15) is 11.5 Å². The van der Waals surface area contributed by atoms with Crippen molar-refractivity contribution >= 4 is 74.6 Å². The lowest BCUT2D eigenvalue weighted by atomic mass is 9.93. The first kappa shape index (κ1) is 16.9. The summed E-state index contributed by atoms with van der Waals surface area (Å²) < 4.78 is 2.45. The van der Waals surface area contributed by atoms with E-state index in [1.165, 1.54) is 30.9 Å². The molecule has 3 heteroatoms. The lowest BCUT2D eigenvalue weighted by Gasteiger charge is -2.10. The Morgan fingerprint density at radius 3 is 1.29 bits per heavy atom. The number of thiophene rings is 1. The topological polar surface area (TPSA) is 40.5 Å². The zero-order valence-electron chi connectivity index (χ0n) is 16.4. The van der Waals surface area contributed by atoms with Crippen molar-refractivity contribution in [1.82, 2.24) is 0 Å². The van der Waals surface area contributed by atoms with E-state index in [2.05, 4.69) is 48.5 Å². The lowest BCUT2D eigenvalue weighted by molar-refractivity contribution is 0.475. The third kappa shape index (κ3) is 2.27. The highest BCUT2D eigenvalue weighted by Gasteiger charge is 2.16. The smallest absolute Gasteiger partial charge is 0.116 e. The van der Waals surface area contributed by atoms with Crippen LogP contribution in [-0.4, -0.2) is 10.2 Å². The number of aromatic hydroxyl groups is 2. The molecule has 0 bridgehead atoms. The van der Waals surface area contributed by atoms with E-state index in [4.69, 9.17) is 0 Å². The summed E-state index contributed by atoms with van der Waals surface area (Å²) >= 11 is 1.79. The molecule has 0 radical (unpaired) electrons. The molecule has 0 aliphatic rings. The summed E-state index contributed by atoms with van der Waals surface area (Å²) in [5.74, 6) is 0.550. The first-order valence-electron chi connectivity index (χ1n) is 10.2. The summed E-state index contributed by atoms with van der Waals surface area (Å²) in [6.07, 6.45) is 0. The molecule has 0 atom stereocenters. The Hall–Kier alpha value is -3.82. The van der Waals surface area contributed by atoms with E-state index in [-0.39, 0.29) is 11.5 Å². The molecule has 2 N–H and O–H groups in total. The molecular formula is C28H16O2S. The minimum absolute atomic E-state index is 0.275. The predicted molar refractivity (Wildman–Crippen MR) is 133 cm³/mol. The lowest BCUT2D eigenvalue weighted by Crippen LogP contribution is -1.82. The molecule has 31 heavy (non-hydrogen) atoms. The average molecular weight is 417 g/mol. The second-order valence-electron chi connectivity index (χ2n) is 8.12. The number of hydrogen-bond acceptors (Lipinski definition) is 3. The van der Waals surface area contributed by atoms with Gasteiger partial charge in [0.25, 0.3) is 0 Å². The van der Waals surface area contributed by atoms with Gasteiger partial charge in [0.2, 0.25) is 0 Å². The number of rotatable bonds is 0. The molecule has 0 aliphatic heterocycles. The molecule has 0 aliphatic carbocycles. The van der Waals surface area contributed by atoms with Crippen LogP contribution in [-0.2, 0) is 0 Å². The summed E-state index contributed by atoms with van der Waals surface area (Å²) in [4.78, 5) is 0. The van der Waals surface area contributed by atoms with Gasteiger partial charge in [-0.1, -0.05) is 48.5 Å². The van der Waals surface area contributed by atoms with E-state index in [0.717, 1.165) is 32.3 Å². The maximum atomic E-state index is 10.2. The molecule has 0 saturated carbocycles. The standard InChI is InChI=1S/C28H16O2S/c29-19-9-5-15-1-3-17-7-11-23-27(25(17)21(15)13-19)28-24(31-23)12-8-18-4-2-16-6-10-20(30)14-22(16)26(18)28/h1-14,29-30H. The van der Waals surface area contributed by atoms with Crippen LogP contribution in [0, 0.1) is 0 Å². The SMILES string of the molecule is Oc1ccc2ccc3ccc4sc5ccc6ccc7ccc(O)cc7c6c5c4c3c2c1. The first-order valence-corrected chi connectivity index (χ1v) is 11.0. The maximum absolute atomic E-state index is 10.2. The Morgan fingerprint density at radius 2 is 0.806 bits per heavy atom. The number of hydrogen-bond donors (Lipinski definition) is 2. The molecule has 7 rings (SSSR count). The Kier molecular flexibility index (Phi) is 3.20. The number of phenols is 2. The number of fused-ring (bicyclic) bond motifs is 11. The van der Waals surface area contributed by atoms with Gasteiger partial charge in [0.15, 0.2) is 0 Å². The molecule has 0 spiro atoms. The molecule has 0 saturated heterocycles. The van der Waals surface area contributed by atoms with E-state index in [0.29, 0.717) is 0 Å². The van der Waals surface area contributed by atoms with Crippen molar-refractivity contribution in [2.75, 3.05) is 0 Å². The maximum Gasteiger partial charge on any atom is 0.116 e. The van der Waals surface area contributed by atoms with Crippen molar-refractivity contribution in [2.24, 2.45) is 0 Å². The third-order valence-corrected chi connectivity index (χ3v) is 7.49. The van der Waals surface area contributed by atoms with Crippen molar-refractivity contribution in [3.63, 3.8) is 0 Å². The molecule has 146 valence electrons. The molecule has 0 unspecified atom stereocenters. The first-order chi connectivity index (χ1) is 15.2. The monoisotopic (exact) mass is 416 g/mol. The van der Waals surface area contributed by atoms with E-state index in [1.807, 2.05) is 24.3 Å². The summed E-state index contributed by atoms with van der Waals surface area (Å²) in [5.41, 5.74) is 0. The Balaban J connectivity index is 1.85. The van der Waals surface area contributed by atoms with Crippen LogP contribution in [0.15, 0.2) is 84.9 Å². The zero-order valence-corrected chi connectivity index (χ0v) is 17.2. The third-order valence-electron chi connectivity index (χ3n) is 6.37. The molecule has 6 aromatic carbocycles. The van der Waals surface area contributed by atoms with Crippen LogP contribution in [0.2, 0.25) is 0 Å². The van der Waals surface area contributed by atoms with Crippen molar-refractivity contribution in [3.8, 4) is 11.5 Å². The Morgan fingerprint density at radius 1 is 0.419 bits per heavy atom. The van der Waals surface area contributed by atoms with E-state index >= 15 is 0 Å². The van der Waals surface area contributed by atoms with E-state index in [9.17, 15) is 10.2 Å². The number of benzene rings is 6. The highest BCUT2D eigenvalue weighted by atomic mass is 32.1. The molecule has 7 aromatic rings. The van der Waals surface area contributed by atoms with Crippen LogP contribution in [0.4, 0.5) is 0 Å². The fraction of sp³-hybridized carbons (Fsp3) is 0. The van der Waals surface area contributed by atoms with Crippen LogP contribution in [0.1, 0.15) is 0 Å². The highest BCUT2D eigenvalue weighted by Crippen LogP contribution is 2.46. The summed E-state index contributed by atoms with van der Waals surface area (Å²) in [5, 5.41) is 31.9. The molecule has 0 amide bonds. The van der Waals surface area contributed by atoms with Gasteiger partial charge in [-0.15, -0.1) is 11.3 Å². The number of phenolic OH excluding ortho intramolecular Hbond substituents is 2. The second kappa shape index (κ2) is 5.87. The molecule has 1 aromatic heterocycles. The predicted octanol–water partition coefficient (Wildman–Crippen LogP) is 8.08. The average Bonchev–Trinajstić information content (AvgIpc) is 3.17. The molecule has 0 fully saturated rings. The van der Waals surface area contributed by atoms with Crippen LogP contribution in [0.25, 0.3) is 63.3 Å². The van der Waals surface area contributed by atoms with Gasteiger partial charge in [-0.3, -0.25) is 0 Å². The van der Waals surface area contributed by atoms with Crippen molar-refractivity contribution in [1.29, 1.82) is 0 Å². The van der Waals surface area contributed by atoms with Gasteiger partial charge in [-0.2, -0.15) is 0 Å². The largest absolute Gasteiger partial charge is 0.508 e. The minimum Gasteiger partial charge on any atom is -0.508 e. The van der Waals surface area contributed by atoms with Gasteiger partial charge in [0, 0.05) is 20.2 Å². The molecule has 1 heterocycles. The second-order valence-corrected chi connectivity index (χ2v) is 9.20. The zero-order chi connectivity index (χ0) is 20.7. The summed E-state index contributed by atoms with van der Waals surface area (Å²) in [7, 11) is 0. The molecular weight excluding hydrogens is 400 g/mol. The Labute approximate surface area is 181 Å². The normalized spacial score (nSPS) is 12.1. The highest BCUT2D eigenvalue weighted by molar-refractivity contribution is 7.26. The van der Waals surface area contributed by atoms with Gasteiger partial charge >= 0.3 is 0 Å². The van der Waals surface area contributed by atoms with Gasteiger partial charge in [-0.25, -0.2) is 0 Å². The minimum atomic E-state index is 0.275. The van der Waals surface area contributed by atoms with E-state index < -0.39 is 0 Å². The van der Waals surface area contributed by atoms with Crippen LogP contribution in [0.3, 0.4) is 0 Å². The van der Waals surface area contributed by atoms with Gasteiger partial charge in [0.05, 0.1) is 0 Å². The van der Waals surface area contributed by atoms with Crippen molar-refractivity contribution < 1.29 is 10.2 Å². The van der Waals surface area contributed by atoms with Crippen molar-refractivity contribution in [2.45, 2.75) is 0 Å². The quantitative estimate of drug-likeness (QED) is 0.245. The van der Waals surface area contributed by atoms with Gasteiger partial charge < -0.3 is 10.2 Å². The summed E-state index contributed by atoms with van der Waals surface area (Å²) in [6, 6.07) is 28.5. The van der Waals surface area contributed by atoms with Crippen LogP contribution in [0.5, 0.6) is 11.5 Å². The Bertz CT molecular complexity index is 1730. The van der Waals surface area contributed by atoms with Crippen molar-refractivity contribution in [3.05, 3.63) is 84.9 Å².